The van der Waals surface area contributed by atoms with Crippen LogP contribution in [0.5, 0.6) is 0 Å². The van der Waals surface area contributed by atoms with Crippen molar-refractivity contribution >= 4 is 5.97 Å². The van der Waals surface area contributed by atoms with Gasteiger partial charge in [0.25, 0.3) is 0 Å². The maximum Gasteiger partial charge on any atom is 0.323 e. The normalized spacial score (nSPS) is 20.0. The zero-order valence-electron chi connectivity index (χ0n) is 4.73. The summed E-state index contributed by atoms with van der Waals surface area (Å²) in [5, 5.41) is 7.95. The van der Waals surface area contributed by atoms with Crippen molar-refractivity contribution in [2.75, 3.05) is 0 Å². The molecule has 0 aromatic heterocycles. The number of rotatable bonds is 2. The van der Waals surface area contributed by atoms with Gasteiger partial charge in [0.1, 0.15) is 6.02 Å². The fourth-order valence-corrected chi connectivity index (χ4v) is 0.0404. The van der Waals surface area contributed by atoms with Crippen molar-refractivity contribution in [2.45, 2.75) is 12.9 Å². The van der Waals surface area contributed by atoms with Gasteiger partial charge >= 0.3 is 5.97 Å². The first-order valence-corrected chi connectivity index (χ1v) is 1.62. The van der Waals surface area contributed by atoms with Crippen LogP contribution in [0.25, 0.3) is 0 Å². The summed E-state index contributed by atoms with van der Waals surface area (Å²) in [7, 11) is 0. The van der Waals surface area contributed by atoms with E-state index in [9.17, 15) is 9.28 Å². The molecule has 0 heterocycles. The van der Waals surface area contributed by atoms with Crippen LogP contribution in [0.4, 0.5) is 4.48 Å². The van der Waals surface area contributed by atoms with E-state index in [4.69, 9.17) is 6.48 Å². The lowest BCUT2D eigenvalue weighted by atomic mass is 10.4. The van der Waals surface area contributed by atoms with Crippen LogP contribution in [-0.4, -0.2) is 17.1 Å². The Balaban J connectivity index is 3.91. The van der Waals surface area contributed by atoms with Crippen LogP contribution in [0.2, 0.25) is 0 Å². The molecular weight excluding hydrogens is 101 g/mol. The second-order valence-corrected chi connectivity index (χ2v) is 1.02. The van der Waals surface area contributed by atoms with Crippen molar-refractivity contribution in [3.05, 3.63) is 0 Å². The summed E-state index contributed by atoms with van der Waals surface area (Å²) in [6.07, 6.45) is 0. The van der Waals surface area contributed by atoms with Gasteiger partial charge in [-0.3, -0.25) is 4.79 Å². The van der Waals surface area contributed by atoms with Gasteiger partial charge in [0.15, 0.2) is 0 Å². The van der Waals surface area contributed by atoms with Crippen LogP contribution in [0.3, 0.4) is 0 Å². The first-order chi connectivity index (χ1) is 3.50. The average Bonchev–Trinajstić information content (AvgIpc) is 1.67. The first kappa shape index (κ1) is 4.52. The van der Waals surface area contributed by atoms with E-state index in [0.29, 0.717) is 0 Å². The SMILES string of the molecule is [2H][C@](C)(NF)C(=O)O. The predicted molar refractivity (Wildman–Crippen MR) is 21.3 cm³/mol. The number of hydrogen-bond donors (Lipinski definition) is 2. The molecule has 0 saturated heterocycles. The molecule has 0 aromatic carbocycles. The van der Waals surface area contributed by atoms with E-state index in [0.717, 1.165) is 12.5 Å². The van der Waals surface area contributed by atoms with Crippen LogP contribution in [-0.2, 0) is 4.79 Å². The molecule has 0 radical (unpaired) electrons. The molecule has 4 heteroatoms. The summed E-state index contributed by atoms with van der Waals surface area (Å²) in [5.41, 5.74) is 0.808. The number of nitrogens with one attached hydrogen (secondary N) is 1. The number of halogens is 1. The molecule has 42 valence electrons. The fourth-order valence-electron chi connectivity index (χ4n) is 0.0404. The molecule has 0 aromatic rings. The van der Waals surface area contributed by atoms with E-state index in [1.807, 2.05) is 0 Å². The van der Waals surface area contributed by atoms with Gasteiger partial charge in [-0.1, -0.05) is 0 Å². The van der Waals surface area contributed by atoms with E-state index in [2.05, 4.69) is 0 Å². The molecule has 0 rings (SSSR count). The highest BCUT2D eigenvalue weighted by molar-refractivity contribution is 5.72. The Kier molecular flexibility index (Phi) is 1.63. The quantitative estimate of drug-likeness (QED) is 0.487. The van der Waals surface area contributed by atoms with Gasteiger partial charge in [-0.25, -0.2) is 0 Å². The van der Waals surface area contributed by atoms with Crippen LogP contribution >= 0.6 is 0 Å². The molecule has 0 spiro atoms. The Labute approximate surface area is 41.5 Å². The van der Waals surface area contributed by atoms with Crippen molar-refractivity contribution in [3.8, 4) is 0 Å². The fraction of sp³-hybridized carbons (Fsp3) is 0.667. The van der Waals surface area contributed by atoms with E-state index in [1.165, 1.54) is 0 Å². The molecule has 0 saturated carbocycles. The summed E-state index contributed by atoms with van der Waals surface area (Å²) in [5.74, 6) is -1.54. The molecule has 0 aliphatic carbocycles. The number of carbonyl (C=O) groups is 1. The summed E-state index contributed by atoms with van der Waals surface area (Å²) in [6.45, 7) is 0.898. The molecule has 2 N–H and O–H groups in total. The van der Waals surface area contributed by atoms with Gasteiger partial charge in [0.2, 0.25) is 0 Å². The third kappa shape index (κ3) is 2.11. The second kappa shape index (κ2) is 2.52. The van der Waals surface area contributed by atoms with Gasteiger partial charge in [-0.2, -0.15) is 0 Å². The zero-order chi connectivity index (χ0) is 6.78. The Morgan fingerprint density at radius 1 is 2.29 bits per heavy atom. The molecule has 0 amide bonds. The van der Waals surface area contributed by atoms with E-state index >= 15 is 0 Å². The van der Waals surface area contributed by atoms with E-state index in [-0.39, 0.29) is 0 Å². The van der Waals surface area contributed by atoms with Gasteiger partial charge in [0, 0.05) is 0 Å². The molecule has 0 unspecified atom stereocenters. The molecular formula is C3H6FNO2. The maximum absolute atomic E-state index is 11.2. The number of carboxylic acids is 1. The number of carboxylic acid groups (broad SMARTS) is 1. The lowest BCUT2D eigenvalue weighted by molar-refractivity contribution is -0.140. The summed E-state index contributed by atoms with van der Waals surface area (Å²) in [6, 6.07) is -2.21. The first-order valence-electron chi connectivity index (χ1n) is 2.12. The summed E-state index contributed by atoms with van der Waals surface area (Å²) < 4.78 is 17.7. The van der Waals surface area contributed by atoms with Crippen molar-refractivity contribution in [3.63, 3.8) is 0 Å². The molecule has 1 atom stereocenters. The topological polar surface area (TPSA) is 49.3 Å². The Morgan fingerprint density at radius 3 is 2.71 bits per heavy atom. The number of aliphatic carboxylic acids is 1. The minimum atomic E-state index is -2.21. The smallest absolute Gasteiger partial charge is 0.323 e. The van der Waals surface area contributed by atoms with Gasteiger partial charge < -0.3 is 5.11 Å². The average molecular weight is 108 g/mol. The maximum atomic E-state index is 11.2. The van der Waals surface area contributed by atoms with E-state index in [1.54, 1.807) is 0 Å². The minimum absolute atomic E-state index is 0.808. The predicted octanol–water partition coefficient (Wildman–Crippen LogP) is -0.0664. The highest BCUT2D eigenvalue weighted by Gasteiger charge is 2.07. The molecule has 3 nitrogen and oxygen atoms in total. The largest absolute Gasteiger partial charge is 0.480 e. The highest BCUT2D eigenvalue weighted by Crippen LogP contribution is 1.77. The number of hydrogen-bond acceptors (Lipinski definition) is 2. The highest BCUT2D eigenvalue weighted by atomic mass is 19.2. The van der Waals surface area contributed by atoms with Crippen LogP contribution in [0.15, 0.2) is 0 Å². The van der Waals surface area contributed by atoms with Crippen molar-refractivity contribution in [1.82, 2.24) is 5.54 Å². The lowest BCUT2D eigenvalue weighted by Crippen LogP contribution is -2.27. The standard InChI is InChI=1S/C3H6FNO2/c1-2(5-4)3(6)7/h2,5H,1H3,(H,6,7)/t2-/m1/s1/i2D. The third-order valence-electron chi connectivity index (χ3n) is 0.463. The molecule has 0 bridgehead atoms. The van der Waals surface area contributed by atoms with Gasteiger partial charge in [0.05, 0.1) is 1.37 Å². The molecule has 0 aliphatic rings. The van der Waals surface area contributed by atoms with Gasteiger partial charge in [-0.05, 0) is 6.92 Å². The van der Waals surface area contributed by atoms with E-state index < -0.39 is 12.0 Å². The van der Waals surface area contributed by atoms with Gasteiger partial charge in [-0.15, -0.1) is 10.0 Å². The summed E-state index contributed by atoms with van der Waals surface area (Å²) in [4.78, 5) is 9.76. The van der Waals surface area contributed by atoms with Crippen molar-refractivity contribution in [2.24, 2.45) is 0 Å². The van der Waals surface area contributed by atoms with Crippen molar-refractivity contribution in [1.29, 1.82) is 0 Å². The monoisotopic (exact) mass is 108 g/mol. The third-order valence-corrected chi connectivity index (χ3v) is 0.463. The molecule has 7 heavy (non-hydrogen) atoms. The molecule has 0 fully saturated rings. The zero-order valence-corrected chi connectivity index (χ0v) is 3.73. The Morgan fingerprint density at radius 2 is 2.71 bits per heavy atom. The van der Waals surface area contributed by atoms with Crippen LogP contribution in [0.1, 0.15) is 8.29 Å². The van der Waals surface area contributed by atoms with Crippen molar-refractivity contribution < 1.29 is 15.8 Å². The second-order valence-electron chi connectivity index (χ2n) is 1.02. The Hall–Kier alpha value is -0.640. The lowest BCUT2D eigenvalue weighted by Gasteiger charge is -1.95. The minimum Gasteiger partial charge on any atom is -0.480 e. The van der Waals surface area contributed by atoms with Crippen LogP contribution in [0, 0.1) is 0 Å². The Bertz CT molecular complexity index is 105. The van der Waals surface area contributed by atoms with Crippen LogP contribution < -0.4 is 5.54 Å². The summed E-state index contributed by atoms with van der Waals surface area (Å²) >= 11 is 0. The molecule has 0 aliphatic heterocycles.